The molecule has 0 aromatic rings. The first kappa shape index (κ1) is 15.9. The fourth-order valence-corrected chi connectivity index (χ4v) is 3.01. The maximum atomic E-state index is 9.66. The van der Waals surface area contributed by atoms with Gasteiger partial charge in [-0.1, -0.05) is 40.5 Å². The molecule has 0 aromatic carbocycles. The summed E-state index contributed by atoms with van der Waals surface area (Å²) in [5.74, 6) is 0.886. The Morgan fingerprint density at radius 3 is 2.22 bits per heavy atom. The van der Waals surface area contributed by atoms with Gasteiger partial charge in [-0.3, -0.25) is 4.90 Å². The average molecular weight is 256 g/mol. The molecule has 0 saturated carbocycles. The first-order chi connectivity index (χ1) is 8.40. The van der Waals surface area contributed by atoms with Crippen molar-refractivity contribution < 1.29 is 5.11 Å². The van der Waals surface area contributed by atoms with E-state index in [4.69, 9.17) is 5.73 Å². The lowest BCUT2D eigenvalue weighted by Crippen LogP contribution is -2.57. The van der Waals surface area contributed by atoms with Crippen molar-refractivity contribution in [2.45, 2.75) is 65.5 Å². The lowest BCUT2D eigenvalue weighted by molar-refractivity contribution is 0.0449. The maximum absolute atomic E-state index is 9.66. The van der Waals surface area contributed by atoms with Crippen LogP contribution in [0.2, 0.25) is 0 Å². The van der Waals surface area contributed by atoms with Crippen LogP contribution in [-0.4, -0.2) is 41.8 Å². The van der Waals surface area contributed by atoms with Crippen molar-refractivity contribution in [1.82, 2.24) is 4.90 Å². The lowest BCUT2D eigenvalue weighted by Gasteiger charge is -2.43. The average Bonchev–Trinajstić information content (AvgIpc) is 2.31. The summed E-state index contributed by atoms with van der Waals surface area (Å²) in [6, 6.07) is 0.151. The third-order valence-electron chi connectivity index (χ3n) is 4.42. The molecule has 0 aliphatic carbocycles. The largest absolute Gasteiger partial charge is 0.395 e. The molecule has 1 fully saturated rings. The molecule has 1 saturated heterocycles. The highest BCUT2D eigenvalue weighted by Gasteiger charge is 2.34. The number of hydrogen-bond donors (Lipinski definition) is 2. The second-order valence-corrected chi connectivity index (χ2v) is 6.91. The van der Waals surface area contributed by atoms with E-state index in [9.17, 15) is 5.11 Å². The molecular weight excluding hydrogens is 224 g/mol. The van der Waals surface area contributed by atoms with E-state index < -0.39 is 0 Å². The highest BCUT2D eigenvalue weighted by molar-refractivity contribution is 4.91. The van der Waals surface area contributed by atoms with E-state index in [1.807, 2.05) is 0 Å². The molecular formula is C15H32N2O. The van der Waals surface area contributed by atoms with Crippen LogP contribution in [0.4, 0.5) is 0 Å². The van der Waals surface area contributed by atoms with Crippen LogP contribution in [0.5, 0.6) is 0 Å². The second kappa shape index (κ2) is 6.88. The van der Waals surface area contributed by atoms with Gasteiger partial charge in [-0.2, -0.15) is 0 Å². The monoisotopic (exact) mass is 256 g/mol. The van der Waals surface area contributed by atoms with Crippen LogP contribution < -0.4 is 5.73 Å². The number of nitrogens with two attached hydrogens (primary N) is 1. The molecule has 108 valence electrons. The summed E-state index contributed by atoms with van der Waals surface area (Å²) in [5, 5.41) is 9.66. The normalized spacial score (nSPS) is 23.0. The smallest absolute Gasteiger partial charge is 0.0602 e. The Balaban J connectivity index is 2.53. The Morgan fingerprint density at radius 1 is 1.28 bits per heavy atom. The minimum atomic E-state index is 0.0326. The Labute approximate surface area is 113 Å². The highest BCUT2D eigenvalue weighted by Crippen LogP contribution is 2.27. The van der Waals surface area contributed by atoms with Gasteiger partial charge in [0.05, 0.1) is 6.61 Å². The van der Waals surface area contributed by atoms with Crippen molar-refractivity contribution in [3.8, 4) is 0 Å². The Bertz CT molecular complexity index is 229. The molecule has 3 N–H and O–H groups in total. The van der Waals surface area contributed by atoms with Crippen LogP contribution in [-0.2, 0) is 0 Å². The minimum absolute atomic E-state index is 0.0326. The van der Waals surface area contributed by atoms with Crippen LogP contribution in [0.1, 0.15) is 53.4 Å². The molecule has 1 aliphatic heterocycles. The molecule has 3 nitrogen and oxygen atoms in total. The number of aliphatic hydroxyl groups excluding tert-OH is 1. The molecule has 0 aromatic heterocycles. The first-order valence-electron chi connectivity index (χ1n) is 7.50. The van der Waals surface area contributed by atoms with Gasteiger partial charge in [-0.25, -0.2) is 0 Å². The van der Waals surface area contributed by atoms with E-state index >= 15 is 0 Å². The van der Waals surface area contributed by atoms with E-state index in [0.717, 1.165) is 19.0 Å². The zero-order valence-electron chi connectivity index (χ0n) is 12.7. The molecule has 0 bridgehead atoms. The molecule has 0 amide bonds. The van der Waals surface area contributed by atoms with E-state index in [1.54, 1.807) is 0 Å². The number of rotatable bonds is 5. The van der Waals surface area contributed by atoms with Crippen molar-refractivity contribution in [3.05, 3.63) is 0 Å². The highest BCUT2D eigenvalue weighted by atomic mass is 16.3. The zero-order valence-corrected chi connectivity index (χ0v) is 12.7. The van der Waals surface area contributed by atoms with Crippen molar-refractivity contribution in [1.29, 1.82) is 0 Å². The number of aliphatic hydroxyl groups is 1. The van der Waals surface area contributed by atoms with Crippen molar-refractivity contribution in [2.24, 2.45) is 17.1 Å². The van der Waals surface area contributed by atoms with Crippen LogP contribution in [0.25, 0.3) is 0 Å². The molecule has 1 aliphatic rings. The van der Waals surface area contributed by atoms with Crippen LogP contribution in [0.15, 0.2) is 0 Å². The topological polar surface area (TPSA) is 49.5 Å². The summed E-state index contributed by atoms with van der Waals surface area (Å²) < 4.78 is 0. The van der Waals surface area contributed by atoms with Gasteiger partial charge in [-0.15, -0.1) is 0 Å². The SMILES string of the molecule is CCCC1CCN(C(CO)C(N)C(C)(C)C)CC1. The van der Waals surface area contributed by atoms with Gasteiger partial charge in [0.15, 0.2) is 0 Å². The number of likely N-dealkylation sites (tertiary alicyclic amines) is 1. The Kier molecular flexibility index (Phi) is 6.09. The second-order valence-electron chi connectivity index (χ2n) is 6.91. The predicted octanol–water partition coefficient (Wildman–Crippen LogP) is 2.23. The third kappa shape index (κ3) is 4.22. The minimum Gasteiger partial charge on any atom is -0.395 e. The van der Waals surface area contributed by atoms with Gasteiger partial charge >= 0.3 is 0 Å². The van der Waals surface area contributed by atoms with E-state index in [0.29, 0.717) is 0 Å². The number of nitrogens with zero attached hydrogens (tertiary/aromatic N) is 1. The van der Waals surface area contributed by atoms with E-state index in [2.05, 4.69) is 32.6 Å². The summed E-state index contributed by atoms with van der Waals surface area (Å²) in [5.41, 5.74) is 6.38. The number of piperidine rings is 1. The number of hydrogen-bond acceptors (Lipinski definition) is 3. The maximum Gasteiger partial charge on any atom is 0.0602 e. The summed E-state index contributed by atoms with van der Waals surface area (Å²) in [6.07, 6.45) is 5.17. The molecule has 0 spiro atoms. The predicted molar refractivity (Wildman–Crippen MR) is 77.5 cm³/mol. The first-order valence-corrected chi connectivity index (χ1v) is 7.50. The van der Waals surface area contributed by atoms with Gasteiger partial charge in [0.25, 0.3) is 0 Å². The third-order valence-corrected chi connectivity index (χ3v) is 4.42. The Morgan fingerprint density at radius 2 is 1.83 bits per heavy atom. The van der Waals surface area contributed by atoms with Gasteiger partial charge < -0.3 is 10.8 Å². The molecule has 2 unspecified atom stereocenters. The van der Waals surface area contributed by atoms with Gasteiger partial charge in [0.1, 0.15) is 0 Å². The van der Waals surface area contributed by atoms with Crippen LogP contribution in [0.3, 0.4) is 0 Å². The lowest BCUT2D eigenvalue weighted by atomic mass is 9.81. The summed E-state index contributed by atoms with van der Waals surface area (Å²) >= 11 is 0. The molecule has 2 atom stereocenters. The summed E-state index contributed by atoms with van der Waals surface area (Å²) in [7, 11) is 0. The molecule has 3 heteroatoms. The van der Waals surface area contributed by atoms with Crippen LogP contribution >= 0.6 is 0 Å². The molecule has 0 radical (unpaired) electrons. The van der Waals surface area contributed by atoms with Gasteiger partial charge in [0, 0.05) is 12.1 Å². The van der Waals surface area contributed by atoms with Crippen LogP contribution in [0, 0.1) is 11.3 Å². The van der Waals surface area contributed by atoms with Gasteiger partial charge in [0.2, 0.25) is 0 Å². The van der Waals surface area contributed by atoms with Gasteiger partial charge in [-0.05, 0) is 37.3 Å². The zero-order chi connectivity index (χ0) is 13.8. The van der Waals surface area contributed by atoms with Crippen molar-refractivity contribution in [2.75, 3.05) is 19.7 Å². The molecule has 1 heterocycles. The fourth-order valence-electron chi connectivity index (χ4n) is 3.01. The van der Waals surface area contributed by atoms with E-state index in [1.165, 1.54) is 25.7 Å². The quantitative estimate of drug-likeness (QED) is 0.793. The molecule has 1 rings (SSSR count). The summed E-state index contributed by atoms with van der Waals surface area (Å²) in [6.45, 7) is 11.1. The van der Waals surface area contributed by atoms with Crippen molar-refractivity contribution >= 4 is 0 Å². The van der Waals surface area contributed by atoms with E-state index in [-0.39, 0.29) is 24.1 Å². The standard InChI is InChI=1S/C15H32N2O/c1-5-6-12-7-9-17(10-8-12)13(11-18)14(16)15(2,3)4/h12-14,18H,5-11,16H2,1-4H3. The fraction of sp³-hybridized carbons (Fsp3) is 1.00. The molecule has 18 heavy (non-hydrogen) atoms. The van der Waals surface area contributed by atoms with Crippen molar-refractivity contribution in [3.63, 3.8) is 0 Å². The Hall–Kier alpha value is -0.120. The summed E-state index contributed by atoms with van der Waals surface area (Å²) in [4.78, 5) is 2.40.